The summed E-state index contributed by atoms with van der Waals surface area (Å²) in [6.45, 7) is 0.765. The molecule has 2 aromatic carbocycles. The summed E-state index contributed by atoms with van der Waals surface area (Å²) in [7, 11) is -3.32. The lowest BCUT2D eigenvalue weighted by Crippen LogP contribution is -2.39. The van der Waals surface area contributed by atoms with E-state index in [1.807, 2.05) is 17.0 Å². The van der Waals surface area contributed by atoms with Gasteiger partial charge in [-0.1, -0.05) is 0 Å². The van der Waals surface area contributed by atoms with E-state index in [0.717, 1.165) is 41.9 Å². The zero-order chi connectivity index (χ0) is 20.9. The van der Waals surface area contributed by atoms with Crippen LogP contribution in [0.1, 0.15) is 47.2 Å². The van der Waals surface area contributed by atoms with Crippen LogP contribution in [0, 0.1) is 0 Å². The molecule has 0 atom stereocenters. The number of hydrogen-bond donors (Lipinski definition) is 2. The van der Waals surface area contributed by atoms with E-state index in [1.54, 1.807) is 24.3 Å². The van der Waals surface area contributed by atoms with Crippen molar-refractivity contribution in [1.29, 1.82) is 0 Å². The molecule has 156 valence electrons. The number of amides is 2. The molecular formula is C22H23N3O4S. The standard InChI is InChI=1S/C22H23N3O4S/c26-20-10-5-16-13-18(12-15-2-1-11-25(20)21(15)16)23-22(27)14-3-6-17(7-4-14)24-30(28,29)19-8-9-19/h3-4,6-7,12-13,19,24H,1-2,5,8-11H2,(H,23,27). The Morgan fingerprint density at radius 2 is 1.67 bits per heavy atom. The van der Waals surface area contributed by atoms with E-state index in [2.05, 4.69) is 10.0 Å². The molecule has 1 aliphatic carbocycles. The van der Waals surface area contributed by atoms with Crippen LogP contribution in [0.2, 0.25) is 0 Å². The minimum Gasteiger partial charge on any atom is -0.322 e. The number of nitrogens with zero attached hydrogens (tertiary/aromatic N) is 1. The summed E-state index contributed by atoms with van der Waals surface area (Å²) >= 11 is 0. The molecule has 1 fully saturated rings. The molecule has 0 saturated heterocycles. The average Bonchev–Trinajstić information content (AvgIpc) is 3.57. The maximum atomic E-state index is 12.7. The van der Waals surface area contributed by atoms with Gasteiger partial charge in [-0.3, -0.25) is 14.3 Å². The monoisotopic (exact) mass is 425 g/mol. The molecule has 0 unspecified atom stereocenters. The van der Waals surface area contributed by atoms with Crippen molar-refractivity contribution >= 4 is 38.9 Å². The molecule has 0 aromatic heterocycles. The summed E-state index contributed by atoms with van der Waals surface area (Å²) in [5.41, 5.74) is 4.87. The molecule has 3 aliphatic rings. The number of anilines is 3. The second-order valence-corrected chi connectivity index (χ2v) is 10.1. The molecule has 2 amide bonds. The first-order chi connectivity index (χ1) is 14.4. The fourth-order valence-corrected chi connectivity index (χ4v) is 5.63. The van der Waals surface area contributed by atoms with Crippen molar-refractivity contribution in [3.63, 3.8) is 0 Å². The molecule has 0 spiro atoms. The summed E-state index contributed by atoms with van der Waals surface area (Å²) in [6.07, 6.45) is 4.41. The Labute approximate surface area is 175 Å². The second kappa shape index (κ2) is 7.12. The summed E-state index contributed by atoms with van der Waals surface area (Å²) < 4.78 is 26.6. The first-order valence-corrected chi connectivity index (χ1v) is 11.8. The number of hydrogen-bond acceptors (Lipinski definition) is 4. The highest BCUT2D eigenvalue weighted by atomic mass is 32.2. The van der Waals surface area contributed by atoms with Crippen LogP contribution >= 0.6 is 0 Å². The van der Waals surface area contributed by atoms with E-state index in [0.29, 0.717) is 36.9 Å². The quantitative estimate of drug-likeness (QED) is 0.770. The zero-order valence-electron chi connectivity index (χ0n) is 16.5. The van der Waals surface area contributed by atoms with Crippen molar-refractivity contribution in [2.45, 2.75) is 43.8 Å². The minimum atomic E-state index is -3.32. The molecule has 30 heavy (non-hydrogen) atoms. The lowest BCUT2D eigenvalue weighted by molar-refractivity contribution is -0.119. The fourth-order valence-electron chi connectivity index (χ4n) is 4.24. The van der Waals surface area contributed by atoms with Crippen LogP contribution in [0.5, 0.6) is 0 Å². The Bertz CT molecular complexity index is 1120. The van der Waals surface area contributed by atoms with E-state index in [9.17, 15) is 18.0 Å². The Kier molecular flexibility index (Phi) is 4.54. The zero-order valence-corrected chi connectivity index (χ0v) is 17.3. The van der Waals surface area contributed by atoms with Gasteiger partial charge in [-0.15, -0.1) is 0 Å². The van der Waals surface area contributed by atoms with Gasteiger partial charge in [0.1, 0.15) is 0 Å². The number of nitrogens with one attached hydrogen (secondary N) is 2. The van der Waals surface area contributed by atoms with E-state index in [1.165, 1.54) is 0 Å². The topological polar surface area (TPSA) is 95.6 Å². The maximum Gasteiger partial charge on any atom is 0.255 e. The van der Waals surface area contributed by atoms with E-state index in [-0.39, 0.29) is 17.1 Å². The average molecular weight is 426 g/mol. The molecule has 8 heteroatoms. The van der Waals surface area contributed by atoms with Gasteiger partial charge in [-0.25, -0.2) is 8.42 Å². The highest BCUT2D eigenvalue weighted by Gasteiger charge is 2.35. The molecule has 2 aromatic rings. The van der Waals surface area contributed by atoms with Crippen LogP contribution in [0.4, 0.5) is 17.1 Å². The third kappa shape index (κ3) is 3.56. The summed E-state index contributed by atoms with van der Waals surface area (Å²) in [4.78, 5) is 26.8. The summed E-state index contributed by atoms with van der Waals surface area (Å²) in [6, 6.07) is 10.4. The van der Waals surface area contributed by atoms with Crippen LogP contribution in [0.15, 0.2) is 36.4 Å². The lowest BCUT2D eigenvalue weighted by atomic mass is 9.91. The maximum absolute atomic E-state index is 12.7. The molecule has 0 bridgehead atoms. The predicted molar refractivity (Wildman–Crippen MR) is 115 cm³/mol. The van der Waals surface area contributed by atoms with Gasteiger partial charge in [-0.2, -0.15) is 0 Å². The van der Waals surface area contributed by atoms with Gasteiger partial charge in [0.05, 0.1) is 10.9 Å². The van der Waals surface area contributed by atoms with Crippen molar-refractivity contribution in [2.24, 2.45) is 0 Å². The summed E-state index contributed by atoms with van der Waals surface area (Å²) in [5.74, 6) is -0.0732. The third-order valence-electron chi connectivity index (χ3n) is 5.90. The highest BCUT2D eigenvalue weighted by Crippen LogP contribution is 2.38. The van der Waals surface area contributed by atoms with E-state index < -0.39 is 10.0 Å². The van der Waals surface area contributed by atoms with Gasteiger partial charge < -0.3 is 10.2 Å². The van der Waals surface area contributed by atoms with E-state index >= 15 is 0 Å². The molecule has 7 nitrogen and oxygen atoms in total. The van der Waals surface area contributed by atoms with Crippen LogP contribution in [0.25, 0.3) is 0 Å². The van der Waals surface area contributed by atoms with E-state index in [4.69, 9.17) is 0 Å². The first-order valence-electron chi connectivity index (χ1n) is 10.3. The van der Waals surface area contributed by atoms with Gasteiger partial charge in [0.2, 0.25) is 15.9 Å². The van der Waals surface area contributed by atoms with Crippen molar-refractivity contribution < 1.29 is 18.0 Å². The Hall–Kier alpha value is -2.87. The van der Waals surface area contributed by atoms with Crippen LogP contribution in [-0.4, -0.2) is 32.0 Å². The lowest BCUT2D eigenvalue weighted by Gasteiger charge is -2.35. The van der Waals surface area contributed by atoms with Crippen molar-refractivity contribution in [3.8, 4) is 0 Å². The predicted octanol–water partition coefficient (Wildman–Crippen LogP) is 3.07. The Morgan fingerprint density at radius 1 is 0.967 bits per heavy atom. The molecule has 1 saturated carbocycles. The molecule has 2 N–H and O–H groups in total. The smallest absolute Gasteiger partial charge is 0.255 e. The number of benzene rings is 2. The first kappa shape index (κ1) is 19.1. The van der Waals surface area contributed by atoms with Gasteiger partial charge >= 0.3 is 0 Å². The third-order valence-corrected chi connectivity index (χ3v) is 7.77. The van der Waals surface area contributed by atoms with Gasteiger partial charge in [0.15, 0.2) is 0 Å². The number of rotatable bonds is 5. The molecule has 2 heterocycles. The molecule has 0 radical (unpaired) electrons. The molecule has 2 aliphatic heterocycles. The number of aryl methyl sites for hydroxylation is 2. The number of carbonyl (C=O) groups is 2. The number of carbonyl (C=O) groups excluding carboxylic acids is 2. The van der Waals surface area contributed by atoms with Gasteiger partial charge in [0, 0.05) is 29.9 Å². The van der Waals surface area contributed by atoms with Crippen molar-refractivity contribution in [2.75, 3.05) is 21.5 Å². The largest absolute Gasteiger partial charge is 0.322 e. The summed E-state index contributed by atoms with van der Waals surface area (Å²) in [5, 5.41) is 2.65. The highest BCUT2D eigenvalue weighted by molar-refractivity contribution is 7.93. The van der Waals surface area contributed by atoms with Gasteiger partial charge in [-0.05, 0) is 79.6 Å². The Balaban J connectivity index is 1.33. The van der Waals surface area contributed by atoms with Crippen LogP contribution < -0.4 is 14.9 Å². The van der Waals surface area contributed by atoms with Crippen LogP contribution in [-0.2, 0) is 27.7 Å². The van der Waals surface area contributed by atoms with Crippen molar-refractivity contribution in [1.82, 2.24) is 0 Å². The Morgan fingerprint density at radius 3 is 2.37 bits per heavy atom. The number of sulfonamides is 1. The van der Waals surface area contributed by atoms with Gasteiger partial charge in [0.25, 0.3) is 5.91 Å². The minimum absolute atomic E-state index is 0.178. The van der Waals surface area contributed by atoms with Crippen LogP contribution in [0.3, 0.4) is 0 Å². The van der Waals surface area contributed by atoms with Crippen molar-refractivity contribution in [3.05, 3.63) is 53.1 Å². The molecular weight excluding hydrogens is 402 g/mol. The normalized spacial score (nSPS) is 18.0. The fraction of sp³-hybridized carbons (Fsp3) is 0.364. The SMILES string of the molecule is O=C(Nc1cc2c3c(c1)CCC(=O)N3CCC2)c1ccc(NS(=O)(=O)C2CC2)cc1. The second-order valence-electron chi connectivity index (χ2n) is 8.17. The molecule has 5 rings (SSSR count).